The smallest absolute Gasteiger partial charge is 0.261 e. The summed E-state index contributed by atoms with van der Waals surface area (Å²) in [6.45, 7) is 1.77. The van der Waals surface area contributed by atoms with Crippen molar-refractivity contribution in [3.8, 4) is 5.75 Å². The molecule has 114 valence electrons. The van der Waals surface area contributed by atoms with Crippen molar-refractivity contribution >= 4 is 16.7 Å². The van der Waals surface area contributed by atoms with Gasteiger partial charge in [0.05, 0.1) is 13.2 Å². The molecule has 1 aromatic carbocycles. The van der Waals surface area contributed by atoms with Crippen LogP contribution >= 0.6 is 0 Å². The van der Waals surface area contributed by atoms with Crippen LogP contribution in [0.15, 0.2) is 24.4 Å². The maximum absolute atomic E-state index is 12.1. The molecule has 1 N–H and O–H groups in total. The fourth-order valence-corrected chi connectivity index (χ4v) is 2.06. The largest absolute Gasteiger partial charge is 0.494 e. The van der Waals surface area contributed by atoms with Gasteiger partial charge in [-0.15, -0.1) is 0 Å². The number of Topliss-reactive ketones (excluding diaryl/α,β-unsaturated/α-hetero) is 1. The van der Waals surface area contributed by atoms with Gasteiger partial charge in [0, 0.05) is 29.1 Å². The first-order chi connectivity index (χ1) is 10.1. The number of hydrogen-bond donors (Lipinski definition) is 1. The van der Waals surface area contributed by atoms with Gasteiger partial charge in [-0.25, -0.2) is 8.78 Å². The molecular formula is C15H17F2NO3. The monoisotopic (exact) mass is 297 g/mol. The minimum absolute atomic E-state index is 0.0129. The van der Waals surface area contributed by atoms with E-state index >= 15 is 0 Å². The zero-order valence-corrected chi connectivity index (χ0v) is 11.7. The topological polar surface area (TPSA) is 51.3 Å². The number of fused-ring (bicyclic) bond motifs is 1. The lowest BCUT2D eigenvalue weighted by molar-refractivity contribution is 0.0170. The second-order valence-electron chi connectivity index (χ2n) is 4.48. The van der Waals surface area contributed by atoms with Crippen molar-refractivity contribution in [3.63, 3.8) is 0 Å². The van der Waals surface area contributed by atoms with Gasteiger partial charge in [-0.2, -0.15) is 0 Å². The average molecular weight is 297 g/mol. The third kappa shape index (κ3) is 4.01. The van der Waals surface area contributed by atoms with Crippen LogP contribution in [-0.2, 0) is 4.74 Å². The summed E-state index contributed by atoms with van der Waals surface area (Å²) in [5, 5.41) is 0.764. The van der Waals surface area contributed by atoms with Crippen LogP contribution in [0.3, 0.4) is 0 Å². The fraction of sp³-hybridized carbons (Fsp3) is 0.400. The Labute approximate surface area is 121 Å². The number of aromatic amines is 1. The summed E-state index contributed by atoms with van der Waals surface area (Å²) in [6.07, 6.45) is -0.823. The maximum atomic E-state index is 12.1. The first-order valence-electron chi connectivity index (χ1n) is 6.75. The first-order valence-corrected chi connectivity index (χ1v) is 6.75. The number of carbonyl (C=O) groups excluding carboxylic acids is 1. The number of hydrogen-bond acceptors (Lipinski definition) is 3. The molecule has 0 aliphatic carbocycles. The van der Waals surface area contributed by atoms with E-state index in [9.17, 15) is 13.6 Å². The molecule has 0 saturated carbocycles. The Morgan fingerprint density at radius 3 is 2.90 bits per heavy atom. The summed E-state index contributed by atoms with van der Waals surface area (Å²) < 4.78 is 34.0. The number of ether oxygens (including phenoxy) is 2. The van der Waals surface area contributed by atoms with Crippen LogP contribution in [0.25, 0.3) is 10.9 Å². The summed E-state index contributed by atoms with van der Waals surface area (Å²) in [4.78, 5) is 15.1. The Bertz CT molecular complexity index is 610. The van der Waals surface area contributed by atoms with E-state index in [0.717, 1.165) is 10.9 Å². The van der Waals surface area contributed by atoms with Gasteiger partial charge in [0.25, 0.3) is 6.43 Å². The lowest BCUT2D eigenvalue weighted by Crippen LogP contribution is -2.09. The number of alkyl halides is 2. The number of H-pyrrole nitrogens is 1. The highest BCUT2D eigenvalue weighted by atomic mass is 19.3. The summed E-state index contributed by atoms with van der Waals surface area (Å²) in [6, 6.07) is 5.45. The Morgan fingerprint density at radius 2 is 2.19 bits per heavy atom. The van der Waals surface area contributed by atoms with E-state index in [1.807, 2.05) is 19.1 Å². The zero-order chi connectivity index (χ0) is 15.2. The quantitative estimate of drug-likeness (QED) is 0.600. The highest BCUT2D eigenvalue weighted by Crippen LogP contribution is 2.24. The number of carbonyl (C=O) groups is 1. The molecule has 21 heavy (non-hydrogen) atoms. The SMILES string of the molecule is CCOc1ccc2[nH]cc(C(=O)CCOCC(F)F)c2c1. The van der Waals surface area contributed by atoms with Gasteiger partial charge in [0.2, 0.25) is 0 Å². The molecule has 0 radical (unpaired) electrons. The summed E-state index contributed by atoms with van der Waals surface area (Å²) in [5.41, 5.74) is 1.35. The fourth-order valence-electron chi connectivity index (χ4n) is 2.06. The van der Waals surface area contributed by atoms with Crippen LogP contribution in [0.1, 0.15) is 23.7 Å². The van der Waals surface area contributed by atoms with E-state index in [-0.39, 0.29) is 18.8 Å². The summed E-state index contributed by atoms with van der Waals surface area (Å²) in [5.74, 6) is 0.539. The van der Waals surface area contributed by atoms with E-state index in [1.165, 1.54) is 0 Å². The molecule has 2 aromatic rings. The highest BCUT2D eigenvalue weighted by molar-refractivity contribution is 6.08. The first kappa shape index (κ1) is 15.4. The van der Waals surface area contributed by atoms with Crippen molar-refractivity contribution in [3.05, 3.63) is 30.0 Å². The maximum Gasteiger partial charge on any atom is 0.261 e. The molecule has 0 aliphatic rings. The molecule has 0 spiro atoms. The van der Waals surface area contributed by atoms with E-state index in [4.69, 9.17) is 9.47 Å². The number of aromatic nitrogens is 1. The van der Waals surface area contributed by atoms with Gasteiger partial charge in [0.15, 0.2) is 5.78 Å². The van der Waals surface area contributed by atoms with Gasteiger partial charge in [-0.3, -0.25) is 4.79 Å². The Morgan fingerprint density at radius 1 is 1.38 bits per heavy atom. The number of halogens is 2. The predicted molar refractivity (Wildman–Crippen MR) is 75.2 cm³/mol. The second kappa shape index (κ2) is 7.17. The van der Waals surface area contributed by atoms with Crippen molar-refractivity contribution in [2.24, 2.45) is 0 Å². The molecule has 0 amide bonds. The highest BCUT2D eigenvalue weighted by Gasteiger charge is 2.13. The van der Waals surface area contributed by atoms with Crippen LogP contribution < -0.4 is 4.74 Å². The normalized spacial score (nSPS) is 11.2. The van der Waals surface area contributed by atoms with Gasteiger partial charge in [0.1, 0.15) is 12.4 Å². The van der Waals surface area contributed by atoms with E-state index in [1.54, 1.807) is 12.3 Å². The molecule has 2 rings (SSSR count). The minimum Gasteiger partial charge on any atom is -0.494 e. The average Bonchev–Trinajstić information content (AvgIpc) is 2.87. The van der Waals surface area contributed by atoms with Gasteiger partial charge in [-0.05, 0) is 25.1 Å². The summed E-state index contributed by atoms with van der Waals surface area (Å²) >= 11 is 0. The van der Waals surface area contributed by atoms with E-state index in [2.05, 4.69) is 4.98 Å². The number of benzene rings is 1. The van der Waals surface area contributed by atoms with E-state index < -0.39 is 13.0 Å². The molecule has 1 heterocycles. The number of rotatable bonds is 8. The third-order valence-corrected chi connectivity index (χ3v) is 2.98. The van der Waals surface area contributed by atoms with Crippen LogP contribution in [-0.4, -0.2) is 37.0 Å². The Kier molecular flexibility index (Phi) is 5.27. The molecule has 0 atom stereocenters. The van der Waals surface area contributed by atoms with Crippen molar-refractivity contribution in [2.45, 2.75) is 19.8 Å². The van der Waals surface area contributed by atoms with Crippen molar-refractivity contribution < 1.29 is 23.0 Å². The van der Waals surface area contributed by atoms with Crippen LogP contribution in [0.2, 0.25) is 0 Å². The lowest BCUT2D eigenvalue weighted by Gasteiger charge is -2.04. The van der Waals surface area contributed by atoms with Crippen LogP contribution in [0.4, 0.5) is 8.78 Å². The van der Waals surface area contributed by atoms with Gasteiger partial charge < -0.3 is 14.5 Å². The molecule has 0 unspecified atom stereocenters. The zero-order valence-electron chi connectivity index (χ0n) is 11.7. The van der Waals surface area contributed by atoms with Gasteiger partial charge >= 0.3 is 0 Å². The van der Waals surface area contributed by atoms with Gasteiger partial charge in [-0.1, -0.05) is 0 Å². The Balaban J connectivity index is 2.06. The number of ketones is 1. The minimum atomic E-state index is -2.51. The van der Waals surface area contributed by atoms with Crippen LogP contribution in [0.5, 0.6) is 5.75 Å². The molecule has 6 heteroatoms. The third-order valence-electron chi connectivity index (χ3n) is 2.98. The van der Waals surface area contributed by atoms with Crippen LogP contribution in [0, 0.1) is 0 Å². The molecule has 4 nitrogen and oxygen atoms in total. The molecule has 0 fully saturated rings. The van der Waals surface area contributed by atoms with Crippen molar-refractivity contribution in [1.82, 2.24) is 4.98 Å². The number of nitrogens with one attached hydrogen (secondary N) is 1. The van der Waals surface area contributed by atoms with Crippen molar-refractivity contribution in [1.29, 1.82) is 0 Å². The molecular weight excluding hydrogens is 280 g/mol. The van der Waals surface area contributed by atoms with Crippen molar-refractivity contribution in [2.75, 3.05) is 19.8 Å². The Hall–Kier alpha value is -1.95. The molecule has 0 saturated heterocycles. The molecule has 1 aromatic heterocycles. The lowest BCUT2D eigenvalue weighted by atomic mass is 10.1. The summed E-state index contributed by atoms with van der Waals surface area (Å²) in [7, 11) is 0. The second-order valence-corrected chi connectivity index (χ2v) is 4.48. The molecule has 0 bridgehead atoms. The standard InChI is InChI=1S/C15H17F2NO3/c1-2-21-10-3-4-13-11(7-10)12(8-18-13)14(19)5-6-20-9-15(16)17/h3-4,7-8,15,18H,2,5-6,9H2,1H3. The predicted octanol–water partition coefficient (Wildman–Crippen LogP) is 3.42. The van der Waals surface area contributed by atoms with E-state index in [0.29, 0.717) is 17.9 Å². The molecule has 0 aliphatic heterocycles.